The summed E-state index contributed by atoms with van der Waals surface area (Å²) in [6.07, 6.45) is 0. The number of aromatic hydroxyl groups is 1. The second kappa shape index (κ2) is 3.12. The number of phenolic OH excluding ortho intramolecular Hbond substituents is 1. The van der Waals surface area contributed by atoms with Crippen LogP contribution in [0.4, 0.5) is 0 Å². The molecule has 0 saturated heterocycles. The van der Waals surface area contributed by atoms with Crippen molar-refractivity contribution in [3.8, 4) is 5.75 Å². The average Bonchev–Trinajstić information content (AvgIpc) is 2.47. The highest BCUT2D eigenvalue weighted by atomic mass is 127. The van der Waals surface area contributed by atoms with E-state index < -0.39 is 5.97 Å². The van der Waals surface area contributed by atoms with Crippen LogP contribution in [0.25, 0.3) is 10.9 Å². The molecular formula is C8H5IN2O3. The van der Waals surface area contributed by atoms with Crippen LogP contribution in [0.5, 0.6) is 5.75 Å². The highest BCUT2D eigenvalue weighted by molar-refractivity contribution is 14.1. The number of carboxylic acid groups (broad SMARTS) is 1. The van der Waals surface area contributed by atoms with Gasteiger partial charge >= 0.3 is 5.97 Å². The van der Waals surface area contributed by atoms with Crippen molar-refractivity contribution < 1.29 is 15.0 Å². The van der Waals surface area contributed by atoms with Gasteiger partial charge in [-0.25, -0.2) is 4.79 Å². The van der Waals surface area contributed by atoms with Crippen LogP contribution in [0.15, 0.2) is 12.1 Å². The zero-order valence-corrected chi connectivity index (χ0v) is 8.94. The number of benzene rings is 1. The van der Waals surface area contributed by atoms with Gasteiger partial charge in [0.05, 0.1) is 10.9 Å². The number of halogens is 1. The molecule has 1 aromatic heterocycles. The summed E-state index contributed by atoms with van der Waals surface area (Å²) in [6, 6.07) is 3.21. The van der Waals surface area contributed by atoms with Gasteiger partial charge in [0.25, 0.3) is 0 Å². The lowest BCUT2D eigenvalue weighted by molar-refractivity contribution is 0.0692. The van der Waals surface area contributed by atoms with Crippen molar-refractivity contribution in [2.45, 2.75) is 0 Å². The Morgan fingerprint density at radius 3 is 2.86 bits per heavy atom. The standard InChI is InChI=1S/C8H5IN2O3/c9-3-1-4-6(5(12)2-3)7(8(13)14)11-10-4/h1-2,12H,(H,10,11)(H,13,14). The molecule has 72 valence electrons. The van der Waals surface area contributed by atoms with Crippen LogP contribution in [0, 0.1) is 3.57 Å². The fourth-order valence-electron chi connectivity index (χ4n) is 1.26. The maximum absolute atomic E-state index is 10.7. The molecular weight excluding hydrogens is 299 g/mol. The number of carbonyl (C=O) groups is 1. The van der Waals surface area contributed by atoms with Gasteiger partial charge in [0.15, 0.2) is 5.69 Å². The van der Waals surface area contributed by atoms with Crippen molar-refractivity contribution in [3.63, 3.8) is 0 Å². The minimum absolute atomic E-state index is 0.0712. The maximum Gasteiger partial charge on any atom is 0.357 e. The van der Waals surface area contributed by atoms with Crippen LogP contribution < -0.4 is 0 Å². The number of aromatic nitrogens is 2. The molecule has 0 saturated carbocycles. The third kappa shape index (κ3) is 1.31. The van der Waals surface area contributed by atoms with Gasteiger partial charge < -0.3 is 10.2 Å². The number of nitrogens with zero attached hydrogens (tertiary/aromatic N) is 1. The first-order valence-corrected chi connectivity index (χ1v) is 4.77. The highest BCUT2D eigenvalue weighted by Crippen LogP contribution is 2.28. The van der Waals surface area contributed by atoms with Gasteiger partial charge in [-0.1, -0.05) is 0 Å². The predicted molar refractivity (Wildman–Crippen MR) is 57.4 cm³/mol. The van der Waals surface area contributed by atoms with Crippen molar-refractivity contribution in [1.29, 1.82) is 0 Å². The van der Waals surface area contributed by atoms with Crippen LogP contribution in [-0.2, 0) is 0 Å². The van der Waals surface area contributed by atoms with E-state index in [0.29, 0.717) is 5.52 Å². The molecule has 0 atom stereocenters. The number of H-pyrrole nitrogens is 1. The molecule has 0 fully saturated rings. The van der Waals surface area contributed by atoms with E-state index in [1.54, 1.807) is 6.07 Å². The fourth-order valence-corrected chi connectivity index (χ4v) is 1.86. The SMILES string of the molecule is O=C(O)c1n[nH]c2cc(I)cc(O)c12. The number of aromatic amines is 1. The third-order valence-electron chi connectivity index (χ3n) is 1.81. The summed E-state index contributed by atoms with van der Waals surface area (Å²) in [5, 5.41) is 24.7. The van der Waals surface area contributed by atoms with E-state index >= 15 is 0 Å². The Balaban J connectivity index is 2.85. The molecule has 0 radical (unpaired) electrons. The molecule has 0 aliphatic heterocycles. The summed E-state index contributed by atoms with van der Waals surface area (Å²) in [5.74, 6) is -1.23. The maximum atomic E-state index is 10.7. The van der Waals surface area contributed by atoms with E-state index in [1.807, 2.05) is 22.6 Å². The van der Waals surface area contributed by atoms with Gasteiger partial charge in [0.2, 0.25) is 0 Å². The highest BCUT2D eigenvalue weighted by Gasteiger charge is 2.16. The number of nitrogens with one attached hydrogen (secondary N) is 1. The van der Waals surface area contributed by atoms with Gasteiger partial charge in [-0.2, -0.15) is 5.10 Å². The van der Waals surface area contributed by atoms with Gasteiger partial charge in [-0.05, 0) is 34.7 Å². The van der Waals surface area contributed by atoms with E-state index in [0.717, 1.165) is 3.57 Å². The molecule has 0 spiro atoms. The van der Waals surface area contributed by atoms with Crippen LogP contribution in [0.1, 0.15) is 10.5 Å². The Morgan fingerprint density at radius 1 is 1.50 bits per heavy atom. The van der Waals surface area contributed by atoms with Crippen LogP contribution in [0.3, 0.4) is 0 Å². The molecule has 1 aromatic carbocycles. The number of phenols is 1. The van der Waals surface area contributed by atoms with Crippen molar-refractivity contribution in [2.75, 3.05) is 0 Å². The molecule has 2 aromatic rings. The van der Waals surface area contributed by atoms with Gasteiger partial charge in [-0.3, -0.25) is 5.10 Å². The number of carboxylic acids is 1. The van der Waals surface area contributed by atoms with Crippen molar-refractivity contribution in [1.82, 2.24) is 10.2 Å². The molecule has 0 aliphatic rings. The van der Waals surface area contributed by atoms with Crippen molar-refractivity contribution in [2.24, 2.45) is 0 Å². The second-order valence-corrected chi connectivity index (χ2v) is 3.97. The summed E-state index contributed by atoms with van der Waals surface area (Å²) in [5.41, 5.74) is 0.362. The second-order valence-electron chi connectivity index (χ2n) is 2.72. The molecule has 14 heavy (non-hydrogen) atoms. The zero-order valence-electron chi connectivity index (χ0n) is 6.78. The number of hydrogen-bond donors (Lipinski definition) is 3. The number of rotatable bonds is 1. The van der Waals surface area contributed by atoms with Gasteiger partial charge in [0, 0.05) is 3.57 Å². The molecule has 5 nitrogen and oxygen atoms in total. The van der Waals surface area contributed by atoms with Crippen molar-refractivity contribution >= 4 is 39.5 Å². The van der Waals surface area contributed by atoms with E-state index in [2.05, 4.69) is 10.2 Å². The van der Waals surface area contributed by atoms with Crippen LogP contribution in [0.2, 0.25) is 0 Å². The molecule has 2 rings (SSSR count). The first-order valence-electron chi connectivity index (χ1n) is 3.69. The predicted octanol–water partition coefficient (Wildman–Crippen LogP) is 1.57. The van der Waals surface area contributed by atoms with Crippen molar-refractivity contribution in [3.05, 3.63) is 21.4 Å². The van der Waals surface area contributed by atoms with Crippen LogP contribution in [-0.4, -0.2) is 26.4 Å². The summed E-state index contributed by atoms with van der Waals surface area (Å²) >= 11 is 2.02. The van der Waals surface area contributed by atoms with E-state index in [4.69, 9.17) is 5.11 Å². The lowest BCUT2D eigenvalue weighted by atomic mass is 10.2. The summed E-state index contributed by atoms with van der Waals surface area (Å²) < 4.78 is 0.813. The third-order valence-corrected chi connectivity index (χ3v) is 2.43. The van der Waals surface area contributed by atoms with Gasteiger partial charge in [-0.15, -0.1) is 0 Å². The minimum atomic E-state index is -1.16. The molecule has 0 aliphatic carbocycles. The normalized spacial score (nSPS) is 10.6. The Morgan fingerprint density at radius 2 is 2.21 bits per heavy atom. The first kappa shape index (κ1) is 9.25. The molecule has 1 heterocycles. The number of fused-ring (bicyclic) bond motifs is 1. The Hall–Kier alpha value is -1.31. The Labute approximate surface area is 91.9 Å². The first-order chi connectivity index (χ1) is 6.59. The zero-order chi connectivity index (χ0) is 10.3. The lowest BCUT2D eigenvalue weighted by Gasteiger charge is -1.96. The van der Waals surface area contributed by atoms with E-state index in [-0.39, 0.29) is 16.8 Å². The minimum Gasteiger partial charge on any atom is -0.507 e. The number of hydrogen-bond acceptors (Lipinski definition) is 3. The van der Waals surface area contributed by atoms with E-state index in [1.165, 1.54) is 6.07 Å². The van der Waals surface area contributed by atoms with Gasteiger partial charge in [0.1, 0.15) is 5.75 Å². The lowest BCUT2D eigenvalue weighted by Crippen LogP contribution is -1.96. The summed E-state index contributed by atoms with van der Waals surface area (Å²) in [7, 11) is 0. The molecule has 0 bridgehead atoms. The smallest absolute Gasteiger partial charge is 0.357 e. The van der Waals surface area contributed by atoms with E-state index in [9.17, 15) is 9.90 Å². The summed E-state index contributed by atoms with van der Waals surface area (Å²) in [4.78, 5) is 10.7. The molecule has 3 N–H and O–H groups in total. The Kier molecular flexibility index (Phi) is 2.06. The largest absolute Gasteiger partial charge is 0.507 e. The monoisotopic (exact) mass is 304 g/mol. The summed E-state index contributed by atoms with van der Waals surface area (Å²) in [6.45, 7) is 0. The van der Waals surface area contributed by atoms with Crippen LogP contribution >= 0.6 is 22.6 Å². The molecule has 0 amide bonds. The quantitative estimate of drug-likeness (QED) is 0.698. The topological polar surface area (TPSA) is 86.2 Å². The molecule has 6 heteroatoms. The molecule has 0 unspecified atom stereocenters. The fraction of sp³-hybridized carbons (Fsp3) is 0. The number of aromatic carboxylic acids is 1. The average molecular weight is 304 g/mol. The Bertz CT molecular complexity index is 521.